The quantitative estimate of drug-likeness (QED) is 0.226. The van der Waals surface area contributed by atoms with Gasteiger partial charge in [0.15, 0.2) is 22.4 Å². The predicted molar refractivity (Wildman–Crippen MR) is 138 cm³/mol. The Balaban J connectivity index is 1.89. The average Bonchev–Trinajstić information content (AvgIpc) is 2.83. The second kappa shape index (κ2) is 11.5. The summed E-state index contributed by atoms with van der Waals surface area (Å²) in [6.07, 6.45) is 0. The Morgan fingerprint density at radius 2 is 1.71 bits per heavy atom. The standard InChI is InChI=1S/C26H33N3O4S/c1-17(2)28(18(3)4)13-14-29-25(31)20-9-7-8-10-21(20)27-26(29)34-16-22(30)19-11-12-23(32-5)24(15-19)33-6/h7-12,15,17-18H,13-14,16H2,1-6H3. The van der Waals surface area contributed by atoms with Gasteiger partial charge in [0.05, 0.1) is 30.9 Å². The molecule has 0 amide bonds. The third kappa shape index (κ3) is 5.80. The molecule has 0 N–H and O–H groups in total. The van der Waals surface area contributed by atoms with Crippen molar-refractivity contribution in [3.8, 4) is 11.5 Å². The highest BCUT2D eigenvalue weighted by atomic mass is 32.2. The van der Waals surface area contributed by atoms with E-state index in [0.717, 1.165) is 0 Å². The van der Waals surface area contributed by atoms with Crippen LogP contribution in [0, 0.1) is 0 Å². The first-order valence-electron chi connectivity index (χ1n) is 11.4. The summed E-state index contributed by atoms with van der Waals surface area (Å²) < 4.78 is 12.3. The first-order chi connectivity index (χ1) is 16.3. The molecular weight excluding hydrogens is 450 g/mol. The van der Waals surface area contributed by atoms with Gasteiger partial charge in [0.25, 0.3) is 5.56 Å². The Labute approximate surface area is 205 Å². The van der Waals surface area contributed by atoms with Crippen LogP contribution in [-0.4, -0.2) is 58.8 Å². The normalized spacial score (nSPS) is 11.6. The van der Waals surface area contributed by atoms with Crippen molar-refractivity contribution in [2.45, 2.75) is 51.5 Å². The molecule has 8 heteroatoms. The van der Waals surface area contributed by atoms with Gasteiger partial charge in [0.2, 0.25) is 0 Å². The molecular formula is C26H33N3O4S. The zero-order chi connectivity index (χ0) is 24.8. The summed E-state index contributed by atoms with van der Waals surface area (Å²) in [6.45, 7) is 9.82. The number of benzene rings is 2. The fourth-order valence-corrected chi connectivity index (χ4v) is 4.93. The number of para-hydroxylation sites is 1. The Hall–Kier alpha value is -2.84. The van der Waals surface area contributed by atoms with Crippen molar-refractivity contribution in [1.82, 2.24) is 14.5 Å². The molecule has 3 aromatic rings. The van der Waals surface area contributed by atoms with Crippen LogP contribution >= 0.6 is 11.8 Å². The van der Waals surface area contributed by atoms with Crippen LogP contribution in [0.25, 0.3) is 10.9 Å². The SMILES string of the molecule is COc1ccc(C(=O)CSc2nc3ccccc3c(=O)n2CCN(C(C)C)C(C)C)cc1OC. The number of hydrogen-bond donors (Lipinski definition) is 0. The van der Waals surface area contributed by atoms with Crippen molar-refractivity contribution in [3.63, 3.8) is 0 Å². The molecule has 0 saturated carbocycles. The molecule has 0 aliphatic heterocycles. The van der Waals surface area contributed by atoms with E-state index in [-0.39, 0.29) is 17.1 Å². The van der Waals surface area contributed by atoms with Gasteiger partial charge >= 0.3 is 0 Å². The molecule has 0 radical (unpaired) electrons. The lowest BCUT2D eigenvalue weighted by molar-refractivity contribution is 0.102. The average molecular weight is 484 g/mol. The number of Topliss-reactive ketones (excluding diaryl/α,β-unsaturated/α-hetero) is 1. The first kappa shape index (κ1) is 25.8. The number of carbonyl (C=O) groups excluding carboxylic acids is 1. The summed E-state index contributed by atoms with van der Waals surface area (Å²) in [5.74, 6) is 1.14. The highest BCUT2D eigenvalue weighted by molar-refractivity contribution is 7.99. The van der Waals surface area contributed by atoms with Crippen LogP contribution in [-0.2, 0) is 6.54 Å². The van der Waals surface area contributed by atoms with Crippen LogP contribution in [0.5, 0.6) is 11.5 Å². The smallest absolute Gasteiger partial charge is 0.262 e. The third-order valence-electron chi connectivity index (χ3n) is 5.77. The number of nitrogens with zero attached hydrogens (tertiary/aromatic N) is 3. The van der Waals surface area contributed by atoms with Crippen molar-refractivity contribution in [1.29, 1.82) is 0 Å². The minimum Gasteiger partial charge on any atom is -0.493 e. The molecule has 3 rings (SSSR count). The summed E-state index contributed by atoms with van der Waals surface area (Å²) in [7, 11) is 3.09. The fraction of sp³-hybridized carbons (Fsp3) is 0.423. The number of carbonyl (C=O) groups is 1. The minimum atomic E-state index is -0.0841. The topological polar surface area (TPSA) is 73.7 Å². The molecule has 0 atom stereocenters. The van der Waals surface area contributed by atoms with E-state index in [1.165, 1.54) is 18.9 Å². The van der Waals surface area contributed by atoms with Gasteiger partial charge < -0.3 is 9.47 Å². The number of aromatic nitrogens is 2. The van der Waals surface area contributed by atoms with E-state index in [2.05, 4.69) is 32.6 Å². The maximum Gasteiger partial charge on any atom is 0.262 e. The molecule has 34 heavy (non-hydrogen) atoms. The van der Waals surface area contributed by atoms with Gasteiger partial charge in [-0.05, 0) is 58.0 Å². The molecule has 182 valence electrons. The van der Waals surface area contributed by atoms with Crippen molar-refractivity contribution in [2.75, 3.05) is 26.5 Å². The van der Waals surface area contributed by atoms with Crippen LogP contribution in [0.3, 0.4) is 0 Å². The number of fused-ring (bicyclic) bond motifs is 1. The monoisotopic (exact) mass is 483 g/mol. The highest BCUT2D eigenvalue weighted by Crippen LogP contribution is 2.28. The second-order valence-electron chi connectivity index (χ2n) is 8.58. The molecule has 2 aromatic carbocycles. The molecule has 0 saturated heterocycles. The molecule has 0 aliphatic rings. The van der Waals surface area contributed by atoms with Crippen LogP contribution in [0.1, 0.15) is 38.1 Å². The number of thioether (sulfide) groups is 1. The Morgan fingerprint density at radius 1 is 1.03 bits per heavy atom. The van der Waals surface area contributed by atoms with Crippen molar-refractivity contribution < 1.29 is 14.3 Å². The van der Waals surface area contributed by atoms with Crippen molar-refractivity contribution >= 4 is 28.4 Å². The molecule has 0 bridgehead atoms. The van der Waals surface area contributed by atoms with Crippen molar-refractivity contribution in [2.24, 2.45) is 0 Å². The summed E-state index contributed by atoms with van der Waals surface area (Å²) in [5, 5.41) is 1.13. The number of methoxy groups -OCH3 is 2. The largest absolute Gasteiger partial charge is 0.493 e. The summed E-state index contributed by atoms with van der Waals surface area (Å²) >= 11 is 1.28. The van der Waals surface area contributed by atoms with E-state index in [1.54, 1.807) is 35.9 Å². The van der Waals surface area contributed by atoms with E-state index in [4.69, 9.17) is 14.5 Å². The van der Waals surface area contributed by atoms with Crippen LogP contribution in [0.2, 0.25) is 0 Å². The van der Waals surface area contributed by atoms with Gasteiger partial charge in [-0.25, -0.2) is 4.98 Å². The Morgan fingerprint density at radius 3 is 2.35 bits per heavy atom. The van der Waals surface area contributed by atoms with Gasteiger partial charge in [-0.1, -0.05) is 23.9 Å². The van der Waals surface area contributed by atoms with Crippen LogP contribution in [0.4, 0.5) is 0 Å². The lowest BCUT2D eigenvalue weighted by atomic mass is 10.1. The molecule has 0 aliphatic carbocycles. The molecule has 0 spiro atoms. The van der Waals surface area contributed by atoms with E-state index >= 15 is 0 Å². The van der Waals surface area contributed by atoms with Gasteiger partial charge in [-0.2, -0.15) is 0 Å². The fourth-order valence-electron chi connectivity index (χ4n) is 4.01. The van der Waals surface area contributed by atoms with Crippen LogP contribution < -0.4 is 15.0 Å². The zero-order valence-corrected chi connectivity index (χ0v) is 21.5. The van der Waals surface area contributed by atoms with E-state index in [1.807, 2.05) is 18.2 Å². The second-order valence-corrected chi connectivity index (χ2v) is 9.52. The summed E-state index contributed by atoms with van der Waals surface area (Å²) in [4.78, 5) is 33.4. The summed E-state index contributed by atoms with van der Waals surface area (Å²) in [5.41, 5.74) is 1.07. The summed E-state index contributed by atoms with van der Waals surface area (Å²) in [6, 6.07) is 13.1. The number of ether oxygens (including phenoxy) is 2. The molecule has 0 fully saturated rings. The van der Waals surface area contributed by atoms with E-state index < -0.39 is 0 Å². The lowest BCUT2D eigenvalue weighted by Gasteiger charge is -2.30. The predicted octanol–water partition coefficient (Wildman–Crippen LogP) is 4.51. The van der Waals surface area contributed by atoms with Gasteiger partial charge in [0, 0.05) is 30.7 Å². The Bertz CT molecular complexity index is 1200. The molecule has 1 heterocycles. The highest BCUT2D eigenvalue weighted by Gasteiger charge is 2.18. The maximum atomic E-state index is 13.3. The minimum absolute atomic E-state index is 0.0779. The first-order valence-corrected chi connectivity index (χ1v) is 12.4. The van der Waals surface area contributed by atoms with E-state index in [0.29, 0.717) is 58.3 Å². The number of hydrogen-bond acceptors (Lipinski definition) is 7. The molecule has 0 unspecified atom stereocenters. The Kier molecular flexibility index (Phi) is 8.74. The molecule has 1 aromatic heterocycles. The van der Waals surface area contributed by atoms with Crippen molar-refractivity contribution in [3.05, 3.63) is 58.4 Å². The number of rotatable bonds is 11. The third-order valence-corrected chi connectivity index (χ3v) is 6.75. The van der Waals surface area contributed by atoms with Crippen LogP contribution in [0.15, 0.2) is 52.4 Å². The number of ketones is 1. The van der Waals surface area contributed by atoms with Gasteiger partial charge in [-0.3, -0.25) is 19.1 Å². The van der Waals surface area contributed by atoms with Gasteiger partial charge in [0.1, 0.15) is 0 Å². The lowest BCUT2D eigenvalue weighted by Crippen LogP contribution is -2.40. The van der Waals surface area contributed by atoms with Gasteiger partial charge in [-0.15, -0.1) is 0 Å². The molecule has 7 nitrogen and oxygen atoms in total. The maximum absolute atomic E-state index is 13.3. The van der Waals surface area contributed by atoms with E-state index in [9.17, 15) is 9.59 Å². The zero-order valence-electron chi connectivity index (χ0n) is 20.7.